The summed E-state index contributed by atoms with van der Waals surface area (Å²) in [4.78, 5) is 20.0. The van der Waals surface area contributed by atoms with Gasteiger partial charge in [0.2, 0.25) is 5.28 Å². The van der Waals surface area contributed by atoms with Crippen LogP contribution in [0.2, 0.25) is 10.4 Å². The van der Waals surface area contributed by atoms with E-state index in [2.05, 4.69) is 19.9 Å². The Morgan fingerprint density at radius 3 is 2.33 bits per heavy atom. The van der Waals surface area contributed by atoms with Crippen molar-refractivity contribution in [2.45, 2.75) is 19.3 Å². The minimum absolute atomic E-state index is 0.168. The van der Waals surface area contributed by atoms with Crippen LogP contribution < -0.4 is 4.90 Å². The van der Waals surface area contributed by atoms with Crippen molar-refractivity contribution in [3.05, 3.63) is 40.8 Å². The van der Waals surface area contributed by atoms with Crippen molar-refractivity contribution in [3.8, 4) is 11.3 Å². The van der Waals surface area contributed by atoms with Crippen molar-refractivity contribution in [2.75, 3.05) is 18.0 Å². The van der Waals surface area contributed by atoms with Gasteiger partial charge in [-0.2, -0.15) is 9.97 Å². The van der Waals surface area contributed by atoms with E-state index < -0.39 is 0 Å². The first kappa shape index (κ1) is 15.5. The standard InChI is InChI=1S/C17H15Cl2N5/c18-14-12(11-7-3-1-4-8-11)20-13-15(21-14)22-17(19)23-16(13)24-9-5-2-6-10-24/h1,3-4,7-8H,2,5-6,9-10H2. The van der Waals surface area contributed by atoms with Crippen LogP contribution in [0.1, 0.15) is 19.3 Å². The Bertz CT molecular complexity index is 879. The van der Waals surface area contributed by atoms with Gasteiger partial charge in [0.15, 0.2) is 22.1 Å². The fraction of sp³-hybridized carbons (Fsp3) is 0.294. The summed E-state index contributed by atoms with van der Waals surface area (Å²) in [5.41, 5.74) is 2.62. The predicted molar refractivity (Wildman–Crippen MR) is 96.6 cm³/mol. The van der Waals surface area contributed by atoms with E-state index in [1.165, 1.54) is 6.42 Å². The lowest BCUT2D eigenvalue weighted by Gasteiger charge is -2.28. The molecule has 0 aliphatic carbocycles. The zero-order chi connectivity index (χ0) is 16.5. The molecule has 7 heteroatoms. The predicted octanol–water partition coefficient (Wildman–Crippen LogP) is 4.38. The van der Waals surface area contributed by atoms with Gasteiger partial charge < -0.3 is 4.90 Å². The molecule has 3 aromatic rings. The lowest BCUT2D eigenvalue weighted by molar-refractivity contribution is 0.574. The molecule has 0 saturated carbocycles. The molecule has 122 valence electrons. The molecule has 0 radical (unpaired) electrons. The number of nitrogens with zero attached hydrogens (tertiary/aromatic N) is 5. The third kappa shape index (κ3) is 2.89. The summed E-state index contributed by atoms with van der Waals surface area (Å²) >= 11 is 12.4. The molecular weight excluding hydrogens is 345 g/mol. The van der Waals surface area contributed by atoms with E-state index in [0.717, 1.165) is 37.3 Å². The Balaban J connectivity index is 1.92. The molecule has 1 fully saturated rings. The van der Waals surface area contributed by atoms with Gasteiger partial charge >= 0.3 is 0 Å². The van der Waals surface area contributed by atoms with Gasteiger partial charge in [0, 0.05) is 18.7 Å². The summed E-state index contributed by atoms with van der Waals surface area (Å²) < 4.78 is 0. The quantitative estimate of drug-likeness (QED) is 0.635. The van der Waals surface area contributed by atoms with Crippen LogP contribution in [-0.4, -0.2) is 33.0 Å². The third-order valence-electron chi connectivity index (χ3n) is 4.15. The highest BCUT2D eigenvalue weighted by atomic mass is 35.5. The van der Waals surface area contributed by atoms with E-state index in [4.69, 9.17) is 28.2 Å². The SMILES string of the molecule is Clc1nc(N2CCCCC2)c2nc(-c3ccccc3)c(Cl)nc2n1. The minimum Gasteiger partial charge on any atom is -0.355 e. The maximum absolute atomic E-state index is 6.34. The van der Waals surface area contributed by atoms with E-state index in [-0.39, 0.29) is 5.28 Å². The van der Waals surface area contributed by atoms with Crippen molar-refractivity contribution < 1.29 is 0 Å². The Labute approximate surface area is 149 Å². The van der Waals surface area contributed by atoms with Crippen molar-refractivity contribution in [3.63, 3.8) is 0 Å². The zero-order valence-corrected chi connectivity index (χ0v) is 14.4. The molecule has 0 atom stereocenters. The molecule has 1 saturated heterocycles. The van der Waals surface area contributed by atoms with Crippen molar-refractivity contribution in [2.24, 2.45) is 0 Å². The van der Waals surface area contributed by atoms with Crippen LogP contribution in [0.4, 0.5) is 5.82 Å². The van der Waals surface area contributed by atoms with Crippen LogP contribution in [-0.2, 0) is 0 Å². The third-order valence-corrected chi connectivity index (χ3v) is 4.58. The second-order valence-corrected chi connectivity index (χ2v) is 6.46. The number of fused-ring (bicyclic) bond motifs is 1. The topological polar surface area (TPSA) is 54.8 Å². The molecule has 2 aromatic heterocycles. The number of hydrogen-bond acceptors (Lipinski definition) is 5. The molecule has 0 amide bonds. The van der Waals surface area contributed by atoms with Gasteiger partial charge in [-0.05, 0) is 30.9 Å². The Morgan fingerprint density at radius 1 is 0.833 bits per heavy atom. The van der Waals surface area contributed by atoms with Gasteiger partial charge in [-0.25, -0.2) is 9.97 Å². The molecule has 4 rings (SSSR count). The number of benzene rings is 1. The number of halogens is 2. The summed E-state index contributed by atoms with van der Waals surface area (Å²) in [6, 6.07) is 9.76. The van der Waals surface area contributed by atoms with Crippen molar-refractivity contribution in [1.29, 1.82) is 0 Å². The highest BCUT2D eigenvalue weighted by Gasteiger charge is 2.20. The van der Waals surface area contributed by atoms with Crippen LogP contribution in [0.25, 0.3) is 22.4 Å². The monoisotopic (exact) mass is 359 g/mol. The van der Waals surface area contributed by atoms with Crippen molar-refractivity contribution in [1.82, 2.24) is 19.9 Å². The van der Waals surface area contributed by atoms with Gasteiger partial charge in [0.05, 0.1) is 0 Å². The normalized spacial score (nSPS) is 15.0. The number of anilines is 1. The van der Waals surface area contributed by atoms with Crippen LogP contribution in [0.15, 0.2) is 30.3 Å². The summed E-state index contributed by atoms with van der Waals surface area (Å²) in [6.07, 6.45) is 3.51. The van der Waals surface area contributed by atoms with E-state index in [9.17, 15) is 0 Å². The maximum Gasteiger partial charge on any atom is 0.226 e. The highest BCUT2D eigenvalue weighted by molar-refractivity contribution is 6.32. The number of piperidine rings is 1. The molecule has 0 unspecified atom stereocenters. The highest BCUT2D eigenvalue weighted by Crippen LogP contribution is 2.31. The molecule has 24 heavy (non-hydrogen) atoms. The summed E-state index contributed by atoms with van der Waals surface area (Å²) in [6.45, 7) is 1.88. The van der Waals surface area contributed by atoms with E-state index >= 15 is 0 Å². The van der Waals surface area contributed by atoms with Crippen LogP contribution in [0, 0.1) is 0 Å². The average molecular weight is 360 g/mol. The fourth-order valence-electron chi connectivity index (χ4n) is 2.99. The molecule has 0 bridgehead atoms. The van der Waals surface area contributed by atoms with Crippen LogP contribution in [0.5, 0.6) is 0 Å². The average Bonchev–Trinajstić information content (AvgIpc) is 2.62. The van der Waals surface area contributed by atoms with Gasteiger partial charge in [0.25, 0.3) is 0 Å². The fourth-order valence-corrected chi connectivity index (χ4v) is 3.38. The van der Waals surface area contributed by atoms with E-state index in [1.54, 1.807) is 0 Å². The second kappa shape index (κ2) is 6.49. The Hall–Kier alpha value is -1.98. The van der Waals surface area contributed by atoms with Gasteiger partial charge in [-0.1, -0.05) is 41.9 Å². The molecule has 1 aromatic carbocycles. The van der Waals surface area contributed by atoms with E-state index in [1.807, 2.05) is 30.3 Å². The molecule has 3 heterocycles. The maximum atomic E-state index is 6.34. The van der Waals surface area contributed by atoms with Gasteiger partial charge in [0.1, 0.15) is 5.69 Å². The molecule has 0 N–H and O–H groups in total. The summed E-state index contributed by atoms with van der Waals surface area (Å²) in [7, 11) is 0. The first-order valence-corrected chi connectivity index (χ1v) is 8.69. The van der Waals surface area contributed by atoms with Crippen LogP contribution >= 0.6 is 23.2 Å². The molecular formula is C17H15Cl2N5. The van der Waals surface area contributed by atoms with Gasteiger partial charge in [-0.3, -0.25) is 0 Å². The van der Waals surface area contributed by atoms with Gasteiger partial charge in [-0.15, -0.1) is 0 Å². The first-order chi connectivity index (χ1) is 11.7. The Morgan fingerprint density at radius 2 is 1.58 bits per heavy atom. The second-order valence-electron chi connectivity index (χ2n) is 5.77. The van der Waals surface area contributed by atoms with Crippen LogP contribution in [0.3, 0.4) is 0 Å². The zero-order valence-electron chi connectivity index (χ0n) is 12.9. The largest absolute Gasteiger partial charge is 0.355 e. The summed E-state index contributed by atoms with van der Waals surface area (Å²) in [5.74, 6) is 0.742. The molecule has 1 aliphatic rings. The first-order valence-electron chi connectivity index (χ1n) is 7.93. The number of hydrogen-bond donors (Lipinski definition) is 0. The lowest BCUT2D eigenvalue weighted by Crippen LogP contribution is -2.30. The number of rotatable bonds is 2. The molecule has 5 nitrogen and oxygen atoms in total. The summed E-state index contributed by atoms with van der Waals surface area (Å²) in [5, 5.41) is 0.481. The number of aromatic nitrogens is 4. The Kier molecular flexibility index (Phi) is 4.21. The minimum atomic E-state index is 0.168. The smallest absolute Gasteiger partial charge is 0.226 e. The van der Waals surface area contributed by atoms with Crippen molar-refractivity contribution >= 4 is 40.2 Å². The lowest BCUT2D eigenvalue weighted by atomic mass is 10.1. The molecule has 0 spiro atoms. The van der Waals surface area contributed by atoms with E-state index in [0.29, 0.717) is 22.0 Å². The molecule has 1 aliphatic heterocycles.